The Morgan fingerprint density at radius 1 is 1.07 bits per heavy atom. The molecule has 0 radical (unpaired) electrons. The van der Waals surface area contributed by atoms with Crippen molar-refractivity contribution in [3.05, 3.63) is 29.3 Å². The number of methoxy groups -OCH3 is 3. The van der Waals surface area contributed by atoms with Gasteiger partial charge in [0.2, 0.25) is 0 Å². The molecule has 1 fully saturated rings. The van der Waals surface area contributed by atoms with Crippen molar-refractivity contribution < 1.29 is 28.5 Å². The second-order valence-electron chi connectivity index (χ2n) is 6.84. The smallest absolute Gasteiger partial charge is 0.309 e. The van der Waals surface area contributed by atoms with E-state index >= 15 is 0 Å². The Labute approximate surface area is 158 Å². The largest absolute Gasteiger partial charge is 0.496 e. The van der Waals surface area contributed by atoms with Crippen LogP contribution in [0, 0.1) is 0 Å². The summed E-state index contributed by atoms with van der Waals surface area (Å²) in [7, 11) is 4.91. The molecule has 6 heteroatoms. The molecule has 6 nitrogen and oxygen atoms in total. The number of carbonyl (C=O) groups is 1. The van der Waals surface area contributed by atoms with Gasteiger partial charge in [-0.3, -0.25) is 4.79 Å². The van der Waals surface area contributed by atoms with Crippen molar-refractivity contribution >= 4 is 16.7 Å². The van der Waals surface area contributed by atoms with Crippen molar-refractivity contribution in [2.45, 2.75) is 44.5 Å². The van der Waals surface area contributed by atoms with Gasteiger partial charge in [0.1, 0.15) is 23.4 Å². The van der Waals surface area contributed by atoms with E-state index in [1.807, 2.05) is 18.2 Å². The highest BCUT2D eigenvalue weighted by atomic mass is 16.6. The number of carbonyl (C=O) groups excluding carboxylic acids is 1. The predicted molar refractivity (Wildman–Crippen MR) is 99.6 cm³/mol. The summed E-state index contributed by atoms with van der Waals surface area (Å²) in [5.41, 5.74) is 1.75. The van der Waals surface area contributed by atoms with Crippen LogP contribution in [0.1, 0.15) is 49.5 Å². The maximum absolute atomic E-state index is 12.0. The van der Waals surface area contributed by atoms with Crippen molar-refractivity contribution in [2.75, 3.05) is 21.3 Å². The fraction of sp³-hybridized carbons (Fsp3) is 0.476. The molecule has 0 aromatic heterocycles. The summed E-state index contributed by atoms with van der Waals surface area (Å²) in [4.78, 5) is 12.0. The van der Waals surface area contributed by atoms with Crippen LogP contribution >= 0.6 is 0 Å². The molecule has 1 saturated heterocycles. The topological polar surface area (TPSA) is 63.2 Å². The van der Waals surface area contributed by atoms with Gasteiger partial charge in [-0.15, -0.1) is 0 Å². The first kappa shape index (κ1) is 17.9. The van der Waals surface area contributed by atoms with E-state index in [9.17, 15) is 4.79 Å². The zero-order valence-corrected chi connectivity index (χ0v) is 16.0. The Morgan fingerprint density at radius 2 is 1.85 bits per heavy atom. The molecule has 0 aliphatic carbocycles. The molecule has 0 amide bonds. The van der Waals surface area contributed by atoms with E-state index < -0.39 is 6.10 Å². The van der Waals surface area contributed by atoms with E-state index in [0.717, 1.165) is 34.7 Å². The molecule has 2 aliphatic rings. The summed E-state index contributed by atoms with van der Waals surface area (Å²) in [5.74, 6) is 1.83. The van der Waals surface area contributed by atoms with Gasteiger partial charge < -0.3 is 23.7 Å². The molecule has 0 unspecified atom stereocenters. The van der Waals surface area contributed by atoms with Crippen molar-refractivity contribution in [3.8, 4) is 17.2 Å². The Balaban J connectivity index is 2.11. The van der Waals surface area contributed by atoms with Crippen LogP contribution in [0.4, 0.5) is 0 Å². The minimum Gasteiger partial charge on any atom is -0.496 e. The van der Waals surface area contributed by atoms with E-state index in [1.165, 1.54) is 0 Å². The van der Waals surface area contributed by atoms with Gasteiger partial charge >= 0.3 is 5.97 Å². The second-order valence-corrected chi connectivity index (χ2v) is 6.84. The first-order chi connectivity index (χ1) is 13.1. The lowest BCUT2D eigenvalue weighted by Crippen LogP contribution is -2.29. The lowest BCUT2D eigenvalue weighted by Gasteiger charge is -2.36. The van der Waals surface area contributed by atoms with Gasteiger partial charge in [-0.05, 0) is 12.5 Å². The lowest BCUT2D eigenvalue weighted by atomic mass is 9.85. The van der Waals surface area contributed by atoms with Gasteiger partial charge in [0.15, 0.2) is 6.10 Å². The zero-order chi connectivity index (χ0) is 19.1. The molecule has 2 aromatic rings. The van der Waals surface area contributed by atoms with E-state index in [0.29, 0.717) is 17.2 Å². The highest BCUT2D eigenvalue weighted by molar-refractivity contribution is 6.01. The van der Waals surface area contributed by atoms with Crippen molar-refractivity contribution in [3.63, 3.8) is 0 Å². The Kier molecular flexibility index (Phi) is 4.60. The van der Waals surface area contributed by atoms with Crippen LogP contribution in [0.5, 0.6) is 17.2 Å². The number of esters is 1. The van der Waals surface area contributed by atoms with Crippen LogP contribution in [0.3, 0.4) is 0 Å². The maximum Gasteiger partial charge on any atom is 0.309 e. The van der Waals surface area contributed by atoms with E-state index in [4.69, 9.17) is 23.7 Å². The molecular formula is C21H24O6. The van der Waals surface area contributed by atoms with Gasteiger partial charge in [0.05, 0.1) is 39.2 Å². The van der Waals surface area contributed by atoms with E-state index in [1.54, 1.807) is 21.3 Å². The molecule has 0 spiro atoms. The quantitative estimate of drug-likeness (QED) is 0.737. The fourth-order valence-corrected chi connectivity index (χ4v) is 4.34. The number of rotatable bonds is 5. The molecule has 144 valence electrons. The number of fused-ring (bicyclic) bond motifs is 4. The maximum atomic E-state index is 12.0. The van der Waals surface area contributed by atoms with Gasteiger partial charge in [-0.1, -0.05) is 25.5 Å². The predicted octanol–water partition coefficient (Wildman–Crippen LogP) is 4.09. The first-order valence-electron chi connectivity index (χ1n) is 9.23. The Morgan fingerprint density at radius 3 is 2.52 bits per heavy atom. The van der Waals surface area contributed by atoms with Crippen LogP contribution in [0.2, 0.25) is 0 Å². The van der Waals surface area contributed by atoms with Crippen LogP contribution in [0.15, 0.2) is 18.2 Å². The van der Waals surface area contributed by atoms with Crippen LogP contribution in [-0.4, -0.2) is 33.4 Å². The summed E-state index contributed by atoms with van der Waals surface area (Å²) in [6.07, 6.45) is 1.02. The van der Waals surface area contributed by atoms with Crippen molar-refractivity contribution in [1.82, 2.24) is 0 Å². The minimum absolute atomic E-state index is 0.195. The third-order valence-corrected chi connectivity index (χ3v) is 5.37. The molecule has 4 rings (SSSR count). The summed E-state index contributed by atoms with van der Waals surface area (Å²) in [6.45, 7) is 2.11. The summed E-state index contributed by atoms with van der Waals surface area (Å²) < 4.78 is 29.2. The highest BCUT2D eigenvalue weighted by Crippen LogP contribution is 2.56. The van der Waals surface area contributed by atoms with Crippen LogP contribution in [-0.2, 0) is 14.3 Å². The van der Waals surface area contributed by atoms with Crippen LogP contribution in [0.25, 0.3) is 10.8 Å². The summed E-state index contributed by atoms with van der Waals surface area (Å²) in [5, 5.41) is 1.71. The van der Waals surface area contributed by atoms with Gasteiger partial charge in [-0.2, -0.15) is 0 Å². The average molecular weight is 372 g/mol. The molecular weight excluding hydrogens is 348 g/mol. The highest BCUT2D eigenvalue weighted by Gasteiger charge is 2.47. The van der Waals surface area contributed by atoms with Crippen molar-refractivity contribution in [2.24, 2.45) is 0 Å². The molecule has 2 aromatic carbocycles. The van der Waals surface area contributed by atoms with Gasteiger partial charge in [0.25, 0.3) is 0 Å². The monoisotopic (exact) mass is 372 g/mol. The van der Waals surface area contributed by atoms with E-state index in [2.05, 4.69) is 6.92 Å². The second kappa shape index (κ2) is 6.93. The Hall–Kier alpha value is -2.47. The molecule has 3 atom stereocenters. The SMILES string of the molecule is CCC[C@@H]1O[C@@H]2CC(=O)O[C@@H]2c2c1c(OC)c1c(OC)cccc1c2OC. The van der Waals surface area contributed by atoms with E-state index in [-0.39, 0.29) is 24.6 Å². The normalized spacial score (nSPS) is 23.6. The number of benzene rings is 2. The molecule has 2 aliphatic heterocycles. The average Bonchev–Trinajstić information content (AvgIpc) is 3.05. The third kappa shape index (κ3) is 2.62. The first-order valence-corrected chi connectivity index (χ1v) is 9.23. The lowest BCUT2D eigenvalue weighted by molar-refractivity contribution is -0.143. The summed E-state index contributed by atoms with van der Waals surface area (Å²) in [6, 6.07) is 5.78. The van der Waals surface area contributed by atoms with Gasteiger partial charge in [-0.25, -0.2) is 0 Å². The zero-order valence-electron chi connectivity index (χ0n) is 16.0. The molecule has 0 N–H and O–H groups in total. The summed E-state index contributed by atoms with van der Waals surface area (Å²) >= 11 is 0. The molecule has 2 heterocycles. The Bertz CT molecular complexity index is 890. The fourth-order valence-electron chi connectivity index (χ4n) is 4.34. The molecule has 27 heavy (non-hydrogen) atoms. The standard InChI is InChI=1S/C21H24O6/c1-5-7-13-17-18(20-14(26-13)10-15(22)27-20)19(24-3)11-8-6-9-12(23-2)16(11)21(17)25-4/h6,8-9,13-14,20H,5,7,10H2,1-4H3/t13-,14+,20-/m0/s1. The minimum atomic E-state index is -0.486. The van der Waals surface area contributed by atoms with Crippen LogP contribution < -0.4 is 14.2 Å². The van der Waals surface area contributed by atoms with Crippen molar-refractivity contribution in [1.29, 1.82) is 0 Å². The molecule has 0 bridgehead atoms. The molecule has 0 saturated carbocycles. The number of hydrogen-bond donors (Lipinski definition) is 0. The van der Waals surface area contributed by atoms with Gasteiger partial charge in [0, 0.05) is 16.5 Å². The number of ether oxygens (including phenoxy) is 5. The number of hydrogen-bond acceptors (Lipinski definition) is 6. The third-order valence-electron chi connectivity index (χ3n) is 5.37.